The van der Waals surface area contributed by atoms with Gasteiger partial charge in [-0.15, -0.1) is 0 Å². The first-order valence-corrected chi connectivity index (χ1v) is 5.74. The van der Waals surface area contributed by atoms with Crippen LogP contribution in [0.3, 0.4) is 0 Å². The van der Waals surface area contributed by atoms with E-state index in [1.807, 2.05) is 0 Å². The summed E-state index contributed by atoms with van der Waals surface area (Å²) in [5, 5.41) is 12.9. The van der Waals surface area contributed by atoms with Gasteiger partial charge in [-0.3, -0.25) is 9.89 Å². The molecular formula is C11H18N4O. The highest BCUT2D eigenvalue weighted by Crippen LogP contribution is 2.16. The number of aromatic amines is 1. The Morgan fingerprint density at radius 2 is 2.56 bits per heavy atom. The molecule has 2 unspecified atom stereocenters. The van der Waals surface area contributed by atoms with Crippen molar-refractivity contribution in [2.75, 3.05) is 6.54 Å². The minimum absolute atomic E-state index is 0.156. The zero-order chi connectivity index (χ0) is 11.4. The third-order valence-corrected chi connectivity index (χ3v) is 3.02. The van der Waals surface area contributed by atoms with Crippen molar-refractivity contribution in [1.82, 2.24) is 20.8 Å². The summed E-state index contributed by atoms with van der Waals surface area (Å²) in [5.41, 5.74) is 1.01. The quantitative estimate of drug-likeness (QED) is 0.694. The number of amides is 1. The molecule has 0 spiro atoms. The SMILES string of the molecule is CC1CC(C(=O)NCc2cn[nH]c2)CCN1. The summed E-state index contributed by atoms with van der Waals surface area (Å²) in [5.74, 6) is 0.317. The second-order valence-electron chi connectivity index (χ2n) is 4.40. The van der Waals surface area contributed by atoms with Crippen LogP contribution in [0, 0.1) is 5.92 Å². The number of aromatic nitrogens is 2. The van der Waals surface area contributed by atoms with Crippen LogP contribution in [0.25, 0.3) is 0 Å². The van der Waals surface area contributed by atoms with E-state index in [-0.39, 0.29) is 11.8 Å². The van der Waals surface area contributed by atoms with Crippen molar-refractivity contribution >= 4 is 5.91 Å². The molecule has 1 aliphatic heterocycles. The molecule has 2 rings (SSSR count). The predicted octanol–water partition coefficient (Wildman–Crippen LogP) is 0.414. The molecule has 1 saturated heterocycles. The molecule has 1 aromatic heterocycles. The van der Waals surface area contributed by atoms with Gasteiger partial charge in [-0.05, 0) is 26.3 Å². The summed E-state index contributed by atoms with van der Waals surface area (Å²) < 4.78 is 0. The second kappa shape index (κ2) is 5.12. The summed E-state index contributed by atoms with van der Waals surface area (Å²) in [7, 11) is 0. The molecule has 0 bridgehead atoms. The number of piperidine rings is 1. The first-order chi connectivity index (χ1) is 7.75. The molecule has 0 aliphatic carbocycles. The van der Waals surface area contributed by atoms with Crippen LogP contribution in [0.2, 0.25) is 0 Å². The molecule has 0 saturated carbocycles. The average molecular weight is 222 g/mol. The van der Waals surface area contributed by atoms with E-state index in [4.69, 9.17) is 0 Å². The highest BCUT2D eigenvalue weighted by Gasteiger charge is 2.24. The van der Waals surface area contributed by atoms with Crippen LogP contribution in [0.5, 0.6) is 0 Å². The maximum absolute atomic E-state index is 11.9. The van der Waals surface area contributed by atoms with Crippen molar-refractivity contribution in [1.29, 1.82) is 0 Å². The summed E-state index contributed by atoms with van der Waals surface area (Å²) in [6.07, 6.45) is 5.38. The number of H-pyrrole nitrogens is 1. The summed E-state index contributed by atoms with van der Waals surface area (Å²) in [6, 6.07) is 0.443. The number of nitrogens with one attached hydrogen (secondary N) is 3. The molecule has 3 N–H and O–H groups in total. The maximum atomic E-state index is 11.9. The topological polar surface area (TPSA) is 69.8 Å². The van der Waals surface area contributed by atoms with Gasteiger partial charge in [-0.2, -0.15) is 5.10 Å². The van der Waals surface area contributed by atoms with Crippen LogP contribution >= 0.6 is 0 Å². The monoisotopic (exact) mass is 222 g/mol. The Labute approximate surface area is 95.0 Å². The normalized spacial score (nSPS) is 25.3. The van der Waals surface area contributed by atoms with Crippen molar-refractivity contribution < 1.29 is 4.79 Å². The lowest BCUT2D eigenvalue weighted by Crippen LogP contribution is -2.42. The standard InChI is InChI=1S/C11H18N4O/c1-8-4-10(2-3-12-8)11(16)13-5-9-6-14-15-7-9/h6-8,10,12H,2-5H2,1H3,(H,13,16)(H,14,15). The van der Waals surface area contributed by atoms with Crippen molar-refractivity contribution in [3.05, 3.63) is 18.0 Å². The first kappa shape index (κ1) is 11.1. The molecule has 16 heavy (non-hydrogen) atoms. The van der Waals surface area contributed by atoms with Gasteiger partial charge in [0.05, 0.1) is 6.20 Å². The Balaban J connectivity index is 1.79. The molecule has 2 atom stereocenters. The number of rotatable bonds is 3. The third kappa shape index (κ3) is 2.82. The lowest BCUT2D eigenvalue weighted by Gasteiger charge is -2.27. The summed E-state index contributed by atoms with van der Waals surface area (Å²) in [6.45, 7) is 3.62. The zero-order valence-electron chi connectivity index (χ0n) is 9.49. The van der Waals surface area contributed by atoms with Crippen LogP contribution in [0.1, 0.15) is 25.3 Å². The highest BCUT2D eigenvalue weighted by atomic mass is 16.1. The fourth-order valence-electron chi connectivity index (χ4n) is 2.08. The van der Waals surface area contributed by atoms with Gasteiger partial charge in [-0.25, -0.2) is 0 Å². The molecule has 1 aromatic rings. The Morgan fingerprint density at radius 1 is 1.69 bits per heavy atom. The van der Waals surface area contributed by atoms with Crippen LogP contribution in [0.15, 0.2) is 12.4 Å². The molecule has 1 fully saturated rings. The van der Waals surface area contributed by atoms with Crippen LogP contribution in [-0.4, -0.2) is 28.7 Å². The number of carbonyl (C=O) groups is 1. The van der Waals surface area contributed by atoms with Gasteiger partial charge < -0.3 is 10.6 Å². The fourth-order valence-corrected chi connectivity index (χ4v) is 2.08. The van der Waals surface area contributed by atoms with E-state index < -0.39 is 0 Å². The van der Waals surface area contributed by atoms with Gasteiger partial charge in [0.15, 0.2) is 0 Å². The maximum Gasteiger partial charge on any atom is 0.223 e. The molecule has 5 nitrogen and oxygen atoms in total. The molecule has 1 amide bonds. The third-order valence-electron chi connectivity index (χ3n) is 3.02. The van der Waals surface area contributed by atoms with E-state index in [1.54, 1.807) is 12.4 Å². The molecule has 2 heterocycles. The van der Waals surface area contributed by atoms with Gasteiger partial charge >= 0.3 is 0 Å². The van der Waals surface area contributed by atoms with Crippen molar-refractivity contribution in [3.63, 3.8) is 0 Å². The molecule has 1 aliphatic rings. The first-order valence-electron chi connectivity index (χ1n) is 5.74. The van der Waals surface area contributed by atoms with Gasteiger partial charge in [-0.1, -0.05) is 0 Å². The van der Waals surface area contributed by atoms with Gasteiger partial charge in [0.2, 0.25) is 5.91 Å². The Bertz CT molecular complexity index is 336. The minimum Gasteiger partial charge on any atom is -0.352 e. The van der Waals surface area contributed by atoms with Crippen LogP contribution in [-0.2, 0) is 11.3 Å². The number of hydrogen-bond acceptors (Lipinski definition) is 3. The lowest BCUT2D eigenvalue weighted by molar-refractivity contribution is -0.126. The van der Waals surface area contributed by atoms with E-state index >= 15 is 0 Å². The average Bonchev–Trinajstić information content (AvgIpc) is 2.78. The van der Waals surface area contributed by atoms with Crippen molar-refractivity contribution in [2.24, 2.45) is 5.92 Å². The fraction of sp³-hybridized carbons (Fsp3) is 0.636. The molecule has 0 aromatic carbocycles. The Kier molecular flexibility index (Phi) is 3.56. The highest BCUT2D eigenvalue weighted by molar-refractivity contribution is 5.78. The van der Waals surface area contributed by atoms with E-state index in [0.29, 0.717) is 12.6 Å². The van der Waals surface area contributed by atoms with Gasteiger partial charge in [0.25, 0.3) is 0 Å². The lowest BCUT2D eigenvalue weighted by atomic mass is 9.92. The summed E-state index contributed by atoms with van der Waals surface area (Å²) >= 11 is 0. The van der Waals surface area contributed by atoms with E-state index in [0.717, 1.165) is 24.9 Å². The zero-order valence-corrected chi connectivity index (χ0v) is 9.49. The van der Waals surface area contributed by atoms with Crippen molar-refractivity contribution in [2.45, 2.75) is 32.4 Å². The van der Waals surface area contributed by atoms with E-state index in [2.05, 4.69) is 27.8 Å². The molecule has 0 radical (unpaired) electrons. The molecule has 88 valence electrons. The predicted molar refractivity (Wildman–Crippen MR) is 60.6 cm³/mol. The van der Waals surface area contributed by atoms with Gasteiger partial charge in [0, 0.05) is 30.3 Å². The van der Waals surface area contributed by atoms with E-state index in [1.165, 1.54) is 0 Å². The van der Waals surface area contributed by atoms with Crippen LogP contribution < -0.4 is 10.6 Å². The second-order valence-corrected chi connectivity index (χ2v) is 4.40. The minimum atomic E-state index is 0.156. The largest absolute Gasteiger partial charge is 0.352 e. The molecular weight excluding hydrogens is 204 g/mol. The Morgan fingerprint density at radius 3 is 3.25 bits per heavy atom. The van der Waals surface area contributed by atoms with Crippen molar-refractivity contribution in [3.8, 4) is 0 Å². The van der Waals surface area contributed by atoms with Gasteiger partial charge in [0.1, 0.15) is 0 Å². The Hall–Kier alpha value is -1.36. The summed E-state index contributed by atoms with van der Waals surface area (Å²) in [4.78, 5) is 11.9. The number of hydrogen-bond donors (Lipinski definition) is 3. The van der Waals surface area contributed by atoms with Crippen LogP contribution in [0.4, 0.5) is 0 Å². The smallest absolute Gasteiger partial charge is 0.223 e. The van der Waals surface area contributed by atoms with E-state index in [9.17, 15) is 4.79 Å². The number of carbonyl (C=O) groups excluding carboxylic acids is 1. The number of nitrogens with zero attached hydrogens (tertiary/aromatic N) is 1. The molecule has 5 heteroatoms.